The van der Waals surface area contributed by atoms with E-state index in [1.165, 1.54) is 65.6 Å². The maximum atomic E-state index is 4.61. The number of aryl methyl sites for hydroxylation is 2. The lowest BCUT2D eigenvalue weighted by atomic mass is 9.99. The van der Waals surface area contributed by atoms with E-state index in [1.54, 1.807) is 0 Å². The standard InChI is InChI=1S/C25H29N/c1-3-5-7-20-9-11-21(12-10-20)22-13-15-23(16-14-22)24-17-18-25(26-19-24)8-6-4-2/h9-19H,3-8H2,1-2H3. The zero-order valence-electron chi connectivity index (χ0n) is 16.0. The number of aromatic nitrogens is 1. The molecule has 0 bridgehead atoms. The molecule has 0 N–H and O–H groups in total. The van der Waals surface area contributed by atoms with Crippen LogP contribution in [0.25, 0.3) is 22.3 Å². The van der Waals surface area contributed by atoms with E-state index < -0.39 is 0 Å². The highest BCUT2D eigenvalue weighted by atomic mass is 14.7. The van der Waals surface area contributed by atoms with Crippen LogP contribution in [0.2, 0.25) is 0 Å². The fourth-order valence-electron chi connectivity index (χ4n) is 3.20. The van der Waals surface area contributed by atoms with E-state index in [9.17, 15) is 0 Å². The maximum absolute atomic E-state index is 4.61. The molecule has 0 aliphatic heterocycles. The lowest BCUT2D eigenvalue weighted by Crippen LogP contribution is -1.90. The molecule has 26 heavy (non-hydrogen) atoms. The Kier molecular flexibility index (Phi) is 6.60. The SMILES string of the molecule is CCCCc1ccc(-c2ccc(-c3ccc(CCCC)nc3)cc2)cc1. The third kappa shape index (κ3) is 4.82. The maximum Gasteiger partial charge on any atom is 0.0404 e. The number of unbranched alkanes of at least 4 members (excludes halogenated alkanes) is 2. The van der Waals surface area contributed by atoms with Gasteiger partial charge in [-0.2, -0.15) is 0 Å². The first kappa shape index (κ1) is 18.4. The van der Waals surface area contributed by atoms with Crippen LogP contribution in [0.3, 0.4) is 0 Å². The molecule has 3 rings (SSSR count). The first-order valence-electron chi connectivity index (χ1n) is 9.95. The molecule has 2 aromatic carbocycles. The monoisotopic (exact) mass is 343 g/mol. The lowest BCUT2D eigenvalue weighted by molar-refractivity contribution is 0.777. The molecule has 1 aromatic heterocycles. The van der Waals surface area contributed by atoms with Crippen LogP contribution in [0.1, 0.15) is 50.8 Å². The molecule has 0 aliphatic carbocycles. The Labute approximate surface area is 158 Å². The summed E-state index contributed by atoms with van der Waals surface area (Å²) in [5.41, 5.74) is 7.58. The molecule has 3 aromatic rings. The summed E-state index contributed by atoms with van der Waals surface area (Å²) in [4.78, 5) is 4.61. The Balaban J connectivity index is 1.69. The smallest absolute Gasteiger partial charge is 0.0404 e. The van der Waals surface area contributed by atoms with Gasteiger partial charge in [0.2, 0.25) is 0 Å². The van der Waals surface area contributed by atoms with Crippen molar-refractivity contribution in [2.24, 2.45) is 0 Å². The van der Waals surface area contributed by atoms with Gasteiger partial charge in [0, 0.05) is 17.5 Å². The lowest BCUT2D eigenvalue weighted by Gasteiger charge is -2.07. The first-order valence-corrected chi connectivity index (χ1v) is 9.95. The van der Waals surface area contributed by atoms with Gasteiger partial charge in [-0.1, -0.05) is 81.3 Å². The first-order chi connectivity index (χ1) is 12.8. The fourth-order valence-corrected chi connectivity index (χ4v) is 3.20. The van der Waals surface area contributed by atoms with Gasteiger partial charge in [-0.3, -0.25) is 4.98 Å². The largest absolute Gasteiger partial charge is 0.261 e. The van der Waals surface area contributed by atoms with Crippen LogP contribution in [0.15, 0.2) is 66.9 Å². The van der Waals surface area contributed by atoms with Gasteiger partial charge < -0.3 is 0 Å². The number of rotatable bonds is 8. The van der Waals surface area contributed by atoms with Crippen LogP contribution in [0, 0.1) is 0 Å². The van der Waals surface area contributed by atoms with E-state index in [4.69, 9.17) is 0 Å². The second-order valence-electron chi connectivity index (χ2n) is 7.02. The Hall–Kier alpha value is -2.41. The molecule has 0 spiro atoms. The second kappa shape index (κ2) is 9.33. The molecule has 0 saturated heterocycles. The zero-order valence-corrected chi connectivity index (χ0v) is 16.0. The van der Waals surface area contributed by atoms with Crippen molar-refractivity contribution in [3.05, 3.63) is 78.1 Å². The molecule has 0 unspecified atom stereocenters. The normalized spacial score (nSPS) is 10.8. The zero-order chi connectivity index (χ0) is 18.2. The summed E-state index contributed by atoms with van der Waals surface area (Å²) in [7, 11) is 0. The van der Waals surface area contributed by atoms with Crippen molar-refractivity contribution in [3.63, 3.8) is 0 Å². The molecule has 0 saturated carbocycles. The van der Waals surface area contributed by atoms with Gasteiger partial charge in [0.1, 0.15) is 0 Å². The highest BCUT2D eigenvalue weighted by Gasteiger charge is 2.02. The predicted molar refractivity (Wildman–Crippen MR) is 112 cm³/mol. The summed E-state index contributed by atoms with van der Waals surface area (Å²) in [6, 6.07) is 22.2. The molecule has 0 atom stereocenters. The molecule has 0 radical (unpaired) electrons. The summed E-state index contributed by atoms with van der Waals surface area (Å²) >= 11 is 0. The minimum atomic E-state index is 1.07. The number of hydrogen-bond acceptors (Lipinski definition) is 1. The average molecular weight is 344 g/mol. The molecule has 0 aliphatic rings. The highest BCUT2D eigenvalue weighted by Crippen LogP contribution is 2.25. The van der Waals surface area contributed by atoms with Crippen LogP contribution < -0.4 is 0 Å². The highest BCUT2D eigenvalue weighted by molar-refractivity contribution is 5.70. The molecule has 1 heteroatoms. The van der Waals surface area contributed by atoms with E-state index in [0.29, 0.717) is 0 Å². The molecule has 0 amide bonds. The van der Waals surface area contributed by atoms with E-state index >= 15 is 0 Å². The van der Waals surface area contributed by atoms with Crippen molar-refractivity contribution in [2.75, 3.05) is 0 Å². The van der Waals surface area contributed by atoms with Crippen molar-refractivity contribution in [3.8, 4) is 22.3 Å². The fraction of sp³-hybridized carbons (Fsp3) is 0.320. The molecular formula is C25H29N. The summed E-state index contributed by atoms with van der Waals surface area (Å²) in [5, 5.41) is 0. The topological polar surface area (TPSA) is 12.9 Å². The molecule has 0 fully saturated rings. The van der Waals surface area contributed by atoms with Gasteiger partial charge in [0.25, 0.3) is 0 Å². The minimum Gasteiger partial charge on any atom is -0.261 e. The van der Waals surface area contributed by atoms with Crippen LogP contribution in [-0.2, 0) is 12.8 Å². The van der Waals surface area contributed by atoms with Crippen molar-refractivity contribution in [1.82, 2.24) is 4.98 Å². The van der Waals surface area contributed by atoms with Crippen LogP contribution >= 0.6 is 0 Å². The third-order valence-corrected chi connectivity index (χ3v) is 4.94. The van der Waals surface area contributed by atoms with Gasteiger partial charge in [0.15, 0.2) is 0 Å². The molecule has 1 nitrogen and oxygen atoms in total. The van der Waals surface area contributed by atoms with Gasteiger partial charge in [0.05, 0.1) is 0 Å². The number of pyridine rings is 1. The third-order valence-electron chi connectivity index (χ3n) is 4.94. The number of hydrogen-bond donors (Lipinski definition) is 0. The van der Waals surface area contributed by atoms with Crippen molar-refractivity contribution >= 4 is 0 Å². The summed E-state index contributed by atoms with van der Waals surface area (Å²) in [6.45, 7) is 4.46. The van der Waals surface area contributed by atoms with Crippen LogP contribution in [-0.4, -0.2) is 4.98 Å². The summed E-state index contributed by atoms with van der Waals surface area (Å²) in [5.74, 6) is 0. The van der Waals surface area contributed by atoms with E-state index in [2.05, 4.69) is 79.5 Å². The van der Waals surface area contributed by atoms with Gasteiger partial charge >= 0.3 is 0 Å². The Morgan fingerprint density at radius 3 is 1.62 bits per heavy atom. The number of nitrogens with zero attached hydrogens (tertiary/aromatic N) is 1. The molecular weight excluding hydrogens is 314 g/mol. The second-order valence-corrected chi connectivity index (χ2v) is 7.02. The van der Waals surface area contributed by atoms with Crippen LogP contribution in [0.4, 0.5) is 0 Å². The molecule has 134 valence electrons. The van der Waals surface area contributed by atoms with Gasteiger partial charge in [-0.05, 0) is 54.0 Å². The van der Waals surface area contributed by atoms with Crippen molar-refractivity contribution in [1.29, 1.82) is 0 Å². The van der Waals surface area contributed by atoms with Crippen molar-refractivity contribution in [2.45, 2.75) is 52.4 Å². The minimum absolute atomic E-state index is 1.07. The quantitative estimate of drug-likeness (QED) is 0.425. The molecule has 1 heterocycles. The Morgan fingerprint density at radius 1 is 0.577 bits per heavy atom. The van der Waals surface area contributed by atoms with E-state index in [0.717, 1.165) is 6.42 Å². The summed E-state index contributed by atoms with van der Waals surface area (Å²) in [6.07, 6.45) is 9.18. The van der Waals surface area contributed by atoms with Crippen molar-refractivity contribution < 1.29 is 0 Å². The Morgan fingerprint density at radius 2 is 1.08 bits per heavy atom. The van der Waals surface area contributed by atoms with Crippen LogP contribution in [0.5, 0.6) is 0 Å². The predicted octanol–water partition coefficient (Wildman–Crippen LogP) is 7.10. The summed E-state index contributed by atoms with van der Waals surface area (Å²) < 4.78 is 0. The average Bonchev–Trinajstić information content (AvgIpc) is 2.72. The van der Waals surface area contributed by atoms with Gasteiger partial charge in [-0.15, -0.1) is 0 Å². The number of benzene rings is 2. The van der Waals surface area contributed by atoms with Gasteiger partial charge in [-0.25, -0.2) is 0 Å². The Bertz CT molecular complexity index is 713. The van der Waals surface area contributed by atoms with E-state index in [1.807, 2.05) is 6.20 Å². The van der Waals surface area contributed by atoms with E-state index in [-0.39, 0.29) is 0 Å².